The second-order valence-electron chi connectivity index (χ2n) is 7.49. The van der Waals surface area contributed by atoms with Gasteiger partial charge in [-0.15, -0.1) is 0 Å². The van der Waals surface area contributed by atoms with Crippen LogP contribution in [0.3, 0.4) is 0 Å². The number of aromatic nitrogens is 2. The SMILES string of the molecule is CN=C(NCCc1ccc(S(C)(=O)=O)cc1)NCc1ccccc1-n1nc(C)cc1C. The number of rotatable bonds is 7. The molecule has 0 aliphatic heterocycles. The summed E-state index contributed by atoms with van der Waals surface area (Å²) in [5.41, 5.74) is 5.30. The molecule has 0 unspecified atom stereocenters. The summed E-state index contributed by atoms with van der Waals surface area (Å²) >= 11 is 0. The van der Waals surface area contributed by atoms with Gasteiger partial charge in [-0.3, -0.25) is 4.99 Å². The fourth-order valence-corrected chi connectivity index (χ4v) is 4.00. The summed E-state index contributed by atoms with van der Waals surface area (Å²) in [6.07, 6.45) is 1.97. The zero-order valence-corrected chi connectivity index (χ0v) is 19.2. The van der Waals surface area contributed by atoms with E-state index in [1.807, 2.05) is 42.8 Å². The molecule has 0 aliphatic carbocycles. The Bertz CT molecular complexity index is 1160. The molecular weight excluding hydrogens is 410 g/mol. The number of sulfone groups is 1. The van der Waals surface area contributed by atoms with E-state index >= 15 is 0 Å². The fraction of sp³-hybridized carbons (Fsp3) is 0.304. The molecule has 2 N–H and O–H groups in total. The molecule has 3 rings (SSSR count). The van der Waals surface area contributed by atoms with Crippen LogP contribution in [-0.2, 0) is 22.8 Å². The second kappa shape index (κ2) is 9.78. The lowest BCUT2D eigenvalue weighted by Gasteiger charge is -2.15. The largest absolute Gasteiger partial charge is 0.356 e. The lowest BCUT2D eigenvalue weighted by atomic mass is 10.1. The molecule has 0 spiro atoms. The van der Waals surface area contributed by atoms with Crippen molar-refractivity contribution in [3.05, 3.63) is 77.1 Å². The zero-order chi connectivity index (χ0) is 22.4. The average molecular weight is 440 g/mol. The summed E-state index contributed by atoms with van der Waals surface area (Å²) in [6, 6.07) is 17.2. The molecule has 0 radical (unpaired) electrons. The van der Waals surface area contributed by atoms with Crippen LogP contribution in [0.5, 0.6) is 0 Å². The molecule has 31 heavy (non-hydrogen) atoms. The van der Waals surface area contributed by atoms with Crippen molar-refractivity contribution in [2.45, 2.75) is 31.7 Å². The van der Waals surface area contributed by atoms with Crippen LogP contribution in [0.1, 0.15) is 22.5 Å². The van der Waals surface area contributed by atoms with Gasteiger partial charge in [0.25, 0.3) is 0 Å². The number of nitrogens with zero attached hydrogens (tertiary/aromatic N) is 3. The summed E-state index contributed by atoms with van der Waals surface area (Å²) in [6.45, 7) is 5.33. The molecule has 0 aliphatic rings. The van der Waals surface area contributed by atoms with Gasteiger partial charge in [-0.25, -0.2) is 13.1 Å². The molecule has 0 saturated heterocycles. The molecule has 0 bridgehead atoms. The molecule has 3 aromatic rings. The smallest absolute Gasteiger partial charge is 0.191 e. The van der Waals surface area contributed by atoms with Gasteiger partial charge in [0.1, 0.15) is 0 Å². The predicted octanol–water partition coefficient (Wildman–Crippen LogP) is 2.80. The third kappa shape index (κ3) is 5.95. The van der Waals surface area contributed by atoms with Gasteiger partial charge < -0.3 is 10.6 Å². The lowest BCUT2D eigenvalue weighted by molar-refractivity contribution is 0.602. The second-order valence-corrected chi connectivity index (χ2v) is 9.50. The molecule has 0 saturated carbocycles. The van der Waals surface area contributed by atoms with E-state index in [4.69, 9.17) is 0 Å². The number of nitrogens with one attached hydrogen (secondary N) is 2. The van der Waals surface area contributed by atoms with Gasteiger partial charge in [-0.2, -0.15) is 5.10 Å². The molecule has 1 heterocycles. The van der Waals surface area contributed by atoms with Gasteiger partial charge in [-0.1, -0.05) is 30.3 Å². The number of aryl methyl sites for hydroxylation is 2. The van der Waals surface area contributed by atoms with E-state index in [1.54, 1.807) is 19.2 Å². The molecule has 164 valence electrons. The first-order valence-electron chi connectivity index (χ1n) is 10.1. The van der Waals surface area contributed by atoms with Gasteiger partial charge in [-0.05, 0) is 55.7 Å². The monoisotopic (exact) mass is 439 g/mol. The Balaban J connectivity index is 1.58. The maximum Gasteiger partial charge on any atom is 0.191 e. The summed E-state index contributed by atoms with van der Waals surface area (Å²) in [7, 11) is -1.43. The Morgan fingerprint density at radius 2 is 1.77 bits per heavy atom. The van der Waals surface area contributed by atoms with Crippen LogP contribution in [-0.4, -0.2) is 44.0 Å². The number of guanidine groups is 1. The lowest BCUT2D eigenvalue weighted by Crippen LogP contribution is -2.38. The van der Waals surface area contributed by atoms with Crippen LogP contribution in [0.15, 0.2) is 64.5 Å². The Labute approximate surface area is 184 Å². The van der Waals surface area contributed by atoms with Crippen LogP contribution < -0.4 is 10.6 Å². The van der Waals surface area contributed by atoms with Crippen LogP contribution in [0.2, 0.25) is 0 Å². The fourth-order valence-electron chi connectivity index (χ4n) is 3.37. The molecule has 8 heteroatoms. The summed E-state index contributed by atoms with van der Waals surface area (Å²) in [5.74, 6) is 0.705. The number of benzene rings is 2. The third-order valence-corrected chi connectivity index (χ3v) is 6.09. The first-order chi connectivity index (χ1) is 14.8. The molecule has 1 aromatic heterocycles. The number of hydrogen-bond donors (Lipinski definition) is 2. The van der Waals surface area contributed by atoms with E-state index in [9.17, 15) is 8.42 Å². The third-order valence-electron chi connectivity index (χ3n) is 4.96. The van der Waals surface area contributed by atoms with Crippen LogP contribution in [0, 0.1) is 13.8 Å². The van der Waals surface area contributed by atoms with Crippen molar-refractivity contribution in [1.29, 1.82) is 0 Å². The van der Waals surface area contributed by atoms with Crippen molar-refractivity contribution in [1.82, 2.24) is 20.4 Å². The van der Waals surface area contributed by atoms with Crippen molar-refractivity contribution in [2.75, 3.05) is 19.8 Å². The average Bonchev–Trinajstić information content (AvgIpc) is 3.08. The van der Waals surface area contributed by atoms with E-state index in [0.717, 1.165) is 34.6 Å². The maximum atomic E-state index is 11.6. The number of aliphatic imine (C=N–C) groups is 1. The topological polar surface area (TPSA) is 88.4 Å². The van der Waals surface area contributed by atoms with E-state index < -0.39 is 9.84 Å². The number of para-hydroxylation sites is 1. The minimum Gasteiger partial charge on any atom is -0.356 e. The van der Waals surface area contributed by atoms with E-state index in [1.165, 1.54) is 6.26 Å². The summed E-state index contributed by atoms with van der Waals surface area (Å²) in [5, 5.41) is 11.3. The van der Waals surface area contributed by atoms with Crippen molar-refractivity contribution in [3.8, 4) is 5.69 Å². The van der Waals surface area contributed by atoms with Crippen molar-refractivity contribution < 1.29 is 8.42 Å². The van der Waals surface area contributed by atoms with Gasteiger partial charge in [0.05, 0.1) is 16.3 Å². The minimum absolute atomic E-state index is 0.336. The van der Waals surface area contributed by atoms with Gasteiger partial charge in [0, 0.05) is 32.1 Å². The van der Waals surface area contributed by atoms with Crippen LogP contribution in [0.25, 0.3) is 5.69 Å². The predicted molar refractivity (Wildman–Crippen MR) is 124 cm³/mol. The highest BCUT2D eigenvalue weighted by molar-refractivity contribution is 7.90. The van der Waals surface area contributed by atoms with Gasteiger partial charge in [0.15, 0.2) is 15.8 Å². The van der Waals surface area contributed by atoms with Crippen molar-refractivity contribution >= 4 is 15.8 Å². The van der Waals surface area contributed by atoms with E-state index in [2.05, 4.69) is 38.9 Å². The van der Waals surface area contributed by atoms with Crippen LogP contribution in [0.4, 0.5) is 0 Å². The van der Waals surface area contributed by atoms with E-state index in [0.29, 0.717) is 23.9 Å². The Morgan fingerprint density at radius 1 is 1.06 bits per heavy atom. The van der Waals surface area contributed by atoms with Crippen LogP contribution >= 0.6 is 0 Å². The zero-order valence-electron chi connectivity index (χ0n) is 18.4. The Kier molecular flexibility index (Phi) is 7.12. The molecule has 0 atom stereocenters. The highest BCUT2D eigenvalue weighted by Crippen LogP contribution is 2.17. The number of hydrogen-bond acceptors (Lipinski definition) is 4. The first kappa shape index (κ1) is 22.6. The van der Waals surface area contributed by atoms with Gasteiger partial charge >= 0.3 is 0 Å². The van der Waals surface area contributed by atoms with E-state index in [-0.39, 0.29) is 0 Å². The Morgan fingerprint density at radius 3 is 2.39 bits per heavy atom. The highest BCUT2D eigenvalue weighted by Gasteiger charge is 2.09. The minimum atomic E-state index is -3.17. The Hall–Kier alpha value is -3.13. The molecule has 7 nitrogen and oxygen atoms in total. The standard InChI is InChI=1S/C23H29N5O2S/c1-17-15-18(2)28(27-17)22-8-6-5-7-20(22)16-26-23(24-3)25-14-13-19-9-11-21(12-10-19)31(4,29)30/h5-12,15H,13-14,16H2,1-4H3,(H2,24,25,26). The summed E-state index contributed by atoms with van der Waals surface area (Å²) in [4.78, 5) is 4.63. The van der Waals surface area contributed by atoms with Crippen molar-refractivity contribution in [2.24, 2.45) is 4.99 Å². The molecule has 0 amide bonds. The molecule has 2 aromatic carbocycles. The maximum absolute atomic E-state index is 11.6. The molecular formula is C23H29N5O2S. The molecule has 0 fully saturated rings. The van der Waals surface area contributed by atoms with Crippen molar-refractivity contribution in [3.63, 3.8) is 0 Å². The van der Waals surface area contributed by atoms with Gasteiger partial charge in [0.2, 0.25) is 0 Å². The summed E-state index contributed by atoms with van der Waals surface area (Å²) < 4.78 is 25.1. The normalized spacial score (nSPS) is 12.1. The highest BCUT2D eigenvalue weighted by atomic mass is 32.2. The quantitative estimate of drug-likeness (QED) is 0.437. The first-order valence-corrected chi connectivity index (χ1v) is 12.0.